The Hall–Kier alpha value is -2.14. The van der Waals surface area contributed by atoms with Crippen LogP contribution >= 0.6 is 0 Å². The minimum Gasteiger partial charge on any atom is -0.476 e. The van der Waals surface area contributed by atoms with Crippen molar-refractivity contribution < 1.29 is 14.6 Å². The van der Waals surface area contributed by atoms with Crippen molar-refractivity contribution in [1.29, 1.82) is 0 Å². The van der Waals surface area contributed by atoms with Crippen LogP contribution in [-0.2, 0) is 17.9 Å². The highest BCUT2D eigenvalue weighted by Gasteiger charge is 2.25. The van der Waals surface area contributed by atoms with Gasteiger partial charge in [-0.15, -0.1) is 0 Å². The molecule has 0 saturated heterocycles. The Balaban J connectivity index is 1.86. The summed E-state index contributed by atoms with van der Waals surface area (Å²) in [6.45, 7) is 2.91. The molecule has 1 unspecified atom stereocenters. The molecule has 1 N–H and O–H groups in total. The Labute approximate surface area is 110 Å². The molecule has 0 fully saturated rings. The van der Waals surface area contributed by atoms with Gasteiger partial charge in [0.1, 0.15) is 6.10 Å². The number of rotatable bonds is 2. The lowest BCUT2D eigenvalue weighted by Gasteiger charge is -2.25. The summed E-state index contributed by atoms with van der Waals surface area (Å²) in [5.74, 6) is -1.01. The van der Waals surface area contributed by atoms with Crippen LogP contribution in [-0.4, -0.2) is 20.6 Å². The topological polar surface area (TPSA) is 64.4 Å². The quantitative estimate of drug-likeness (QED) is 0.896. The fourth-order valence-corrected chi connectivity index (χ4v) is 2.29. The highest BCUT2D eigenvalue weighted by Crippen LogP contribution is 2.27. The van der Waals surface area contributed by atoms with Gasteiger partial charge >= 0.3 is 5.97 Å². The first-order valence-corrected chi connectivity index (χ1v) is 6.10. The molecule has 19 heavy (non-hydrogen) atoms. The number of carboxylic acids is 1. The van der Waals surface area contributed by atoms with Crippen LogP contribution in [0.1, 0.15) is 33.4 Å². The van der Waals surface area contributed by atoms with Gasteiger partial charge < -0.3 is 14.4 Å². The molecule has 1 aromatic heterocycles. The second-order valence-electron chi connectivity index (χ2n) is 4.71. The molecule has 0 amide bonds. The summed E-state index contributed by atoms with van der Waals surface area (Å²) in [6, 6.07) is 8.18. The van der Waals surface area contributed by atoms with Gasteiger partial charge in [-0.1, -0.05) is 29.8 Å². The minimum atomic E-state index is -1.01. The van der Waals surface area contributed by atoms with Crippen molar-refractivity contribution in [1.82, 2.24) is 9.55 Å². The highest BCUT2D eigenvalue weighted by molar-refractivity contribution is 5.86. The zero-order valence-electron chi connectivity index (χ0n) is 10.5. The van der Waals surface area contributed by atoms with Crippen LogP contribution < -0.4 is 0 Å². The third-order valence-corrected chi connectivity index (χ3v) is 3.38. The van der Waals surface area contributed by atoms with Crippen molar-refractivity contribution in [3.63, 3.8) is 0 Å². The van der Waals surface area contributed by atoms with Gasteiger partial charge in [0.25, 0.3) is 0 Å². The minimum absolute atomic E-state index is 0.0519. The van der Waals surface area contributed by atoms with E-state index in [0.29, 0.717) is 12.2 Å². The van der Waals surface area contributed by atoms with E-state index in [2.05, 4.69) is 4.98 Å². The van der Waals surface area contributed by atoms with Gasteiger partial charge in [-0.25, -0.2) is 9.78 Å². The molecule has 3 rings (SSSR count). The van der Waals surface area contributed by atoms with Gasteiger partial charge in [-0.3, -0.25) is 0 Å². The van der Waals surface area contributed by atoms with Crippen LogP contribution in [0.25, 0.3) is 0 Å². The second kappa shape index (κ2) is 4.51. The van der Waals surface area contributed by atoms with E-state index in [4.69, 9.17) is 9.84 Å². The zero-order chi connectivity index (χ0) is 13.4. The predicted molar refractivity (Wildman–Crippen MR) is 67.9 cm³/mol. The second-order valence-corrected chi connectivity index (χ2v) is 4.71. The summed E-state index contributed by atoms with van der Waals surface area (Å²) in [4.78, 5) is 14.9. The summed E-state index contributed by atoms with van der Waals surface area (Å²) < 4.78 is 7.61. The van der Waals surface area contributed by atoms with E-state index < -0.39 is 5.97 Å². The van der Waals surface area contributed by atoms with E-state index in [0.717, 1.165) is 5.56 Å². The van der Waals surface area contributed by atoms with Crippen LogP contribution in [0.4, 0.5) is 0 Å². The maximum absolute atomic E-state index is 11.0. The summed E-state index contributed by atoms with van der Waals surface area (Å²) in [6.07, 6.45) is 1.52. The molecule has 0 spiro atoms. The number of hydrogen-bond acceptors (Lipinski definition) is 3. The number of ether oxygens (including phenoxy) is 1. The first-order chi connectivity index (χ1) is 9.15. The van der Waals surface area contributed by atoms with Gasteiger partial charge in [-0.2, -0.15) is 0 Å². The standard InChI is InChI=1S/C14H14N2O3/c1-9-2-4-10(5-3-9)12-6-16-8-15-13(14(17)18)11(16)7-19-12/h2-5,8,12H,6-7H2,1H3,(H,17,18). The lowest BCUT2D eigenvalue weighted by Crippen LogP contribution is -2.21. The molecular weight excluding hydrogens is 244 g/mol. The molecule has 0 aliphatic carbocycles. The monoisotopic (exact) mass is 258 g/mol. The van der Waals surface area contributed by atoms with Crippen molar-refractivity contribution in [3.05, 3.63) is 53.1 Å². The molecule has 1 aromatic carbocycles. The van der Waals surface area contributed by atoms with E-state index in [-0.39, 0.29) is 18.4 Å². The summed E-state index contributed by atoms with van der Waals surface area (Å²) >= 11 is 0. The van der Waals surface area contributed by atoms with E-state index >= 15 is 0 Å². The molecule has 98 valence electrons. The molecule has 1 aliphatic rings. The van der Waals surface area contributed by atoms with Crippen LogP contribution in [0.3, 0.4) is 0 Å². The normalized spacial score (nSPS) is 18.1. The Kier molecular flexibility index (Phi) is 2.83. The SMILES string of the molecule is Cc1ccc(C2Cn3cnc(C(=O)O)c3CO2)cc1. The highest BCUT2D eigenvalue weighted by atomic mass is 16.5. The molecule has 0 saturated carbocycles. The largest absolute Gasteiger partial charge is 0.476 e. The lowest BCUT2D eigenvalue weighted by atomic mass is 10.1. The van der Waals surface area contributed by atoms with Crippen molar-refractivity contribution in [2.45, 2.75) is 26.2 Å². The number of carboxylic acid groups (broad SMARTS) is 1. The molecule has 2 aromatic rings. The smallest absolute Gasteiger partial charge is 0.356 e. The molecular formula is C14H14N2O3. The van der Waals surface area contributed by atoms with Crippen LogP contribution in [0.5, 0.6) is 0 Å². The maximum Gasteiger partial charge on any atom is 0.356 e. The molecule has 5 heteroatoms. The van der Waals surface area contributed by atoms with Crippen molar-refractivity contribution in [2.75, 3.05) is 0 Å². The third-order valence-electron chi connectivity index (χ3n) is 3.38. The zero-order valence-corrected chi connectivity index (χ0v) is 10.5. The first kappa shape index (κ1) is 11.9. The van der Waals surface area contributed by atoms with Gasteiger partial charge in [0, 0.05) is 0 Å². The summed E-state index contributed by atoms with van der Waals surface area (Å²) in [5.41, 5.74) is 3.02. The molecule has 0 radical (unpaired) electrons. The lowest BCUT2D eigenvalue weighted by molar-refractivity contribution is 0.00219. The molecule has 5 nitrogen and oxygen atoms in total. The van der Waals surface area contributed by atoms with Crippen LogP contribution in [0.2, 0.25) is 0 Å². The molecule has 1 aliphatic heterocycles. The van der Waals surface area contributed by atoms with Crippen LogP contribution in [0, 0.1) is 6.92 Å². The number of aromatic nitrogens is 2. The number of benzene rings is 1. The third kappa shape index (κ3) is 2.13. The van der Waals surface area contributed by atoms with Gasteiger partial charge in [0.15, 0.2) is 5.69 Å². The number of nitrogens with zero attached hydrogens (tertiary/aromatic N) is 2. The fourth-order valence-electron chi connectivity index (χ4n) is 2.29. The first-order valence-electron chi connectivity index (χ1n) is 6.10. The summed E-state index contributed by atoms with van der Waals surface area (Å²) in [7, 11) is 0. The van der Waals surface area contributed by atoms with E-state index in [9.17, 15) is 4.79 Å². The molecule has 0 bridgehead atoms. The predicted octanol–water partition coefficient (Wildman–Crippen LogP) is 2.16. The number of carbonyl (C=O) groups is 1. The van der Waals surface area contributed by atoms with Gasteiger partial charge in [0.2, 0.25) is 0 Å². The number of aryl methyl sites for hydroxylation is 1. The number of imidazole rings is 1. The Bertz CT molecular complexity index is 616. The van der Waals surface area contributed by atoms with E-state index in [1.54, 1.807) is 6.33 Å². The number of hydrogen-bond donors (Lipinski definition) is 1. The van der Waals surface area contributed by atoms with E-state index in [1.165, 1.54) is 5.56 Å². The average molecular weight is 258 g/mol. The molecule has 1 atom stereocenters. The van der Waals surface area contributed by atoms with Crippen molar-refractivity contribution in [3.8, 4) is 0 Å². The fraction of sp³-hybridized carbons (Fsp3) is 0.286. The van der Waals surface area contributed by atoms with Crippen molar-refractivity contribution >= 4 is 5.97 Å². The number of aromatic carboxylic acids is 1. The van der Waals surface area contributed by atoms with E-state index in [1.807, 2.05) is 35.8 Å². The Morgan fingerprint density at radius 1 is 1.42 bits per heavy atom. The Morgan fingerprint density at radius 3 is 2.84 bits per heavy atom. The van der Waals surface area contributed by atoms with Crippen LogP contribution in [0.15, 0.2) is 30.6 Å². The number of fused-ring (bicyclic) bond motifs is 1. The van der Waals surface area contributed by atoms with Crippen molar-refractivity contribution in [2.24, 2.45) is 0 Å². The molecule has 2 heterocycles. The average Bonchev–Trinajstić information content (AvgIpc) is 2.82. The summed E-state index contributed by atoms with van der Waals surface area (Å²) in [5, 5.41) is 9.01. The maximum atomic E-state index is 11.0. The van der Waals surface area contributed by atoms with Gasteiger partial charge in [0.05, 0.1) is 25.2 Å². The Morgan fingerprint density at radius 2 is 2.16 bits per heavy atom. The van der Waals surface area contributed by atoms with Gasteiger partial charge in [-0.05, 0) is 12.5 Å².